The molecule has 0 amide bonds. The number of nitrogens with zero attached hydrogens (tertiary/aromatic N) is 1. The highest BCUT2D eigenvalue weighted by atomic mass is 35.5. The lowest BCUT2D eigenvalue weighted by molar-refractivity contribution is 0.319. The van der Waals surface area contributed by atoms with Gasteiger partial charge in [-0.3, -0.25) is 0 Å². The van der Waals surface area contributed by atoms with Gasteiger partial charge >= 0.3 is 0 Å². The van der Waals surface area contributed by atoms with E-state index in [1.54, 1.807) is 0 Å². The van der Waals surface area contributed by atoms with E-state index in [9.17, 15) is 9.60 Å². The predicted octanol–water partition coefficient (Wildman–Crippen LogP) is 5.39. The quantitative estimate of drug-likeness (QED) is 0.290. The second-order valence-electron chi connectivity index (χ2n) is 5.15. The predicted molar refractivity (Wildman–Crippen MR) is 95.2 cm³/mol. The third kappa shape index (κ3) is 3.55. The Morgan fingerprint density at radius 2 is 1.58 bits per heavy atom. The molecular weight excluding hydrogens is 327 g/mol. The highest BCUT2D eigenvalue weighted by molar-refractivity contribution is 6.31. The van der Waals surface area contributed by atoms with Gasteiger partial charge in [0, 0.05) is 11.3 Å². The maximum absolute atomic E-state index is 13.2. The Balaban J connectivity index is 1.82. The molecule has 0 aliphatic carbocycles. The van der Waals surface area contributed by atoms with Crippen molar-refractivity contribution < 1.29 is 9.60 Å². The number of oxime groups is 1. The van der Waals surface area contributed by atoms with Crippen molar-refractivity contribution in [3.05, 3.63) is 89.2 Å². The molecule has 2 N–H and O–H groups in total. The molecule has 3 aromatic rings. The maximum atomic E-state index is 13.2. The highest BCUT2D eigenvalue weighted by Gasteiger charge is 2.07. The highest BCUT2D eigenvalue weighted by Crippen LogP contribution is 2.22. The molecule has 0 aliphatic heterocycles. The second kappa shape index (κ2) is 7.15. The lowest BCUT2D eigenvalue weighted by Crippen LogP contribution is -2.13. The molecule has 0 heterocycles. The van der Waals surface area contributed by atoms with Gasteiger partial charge in [-0.15, -0.1) is 0 Å². The van der Waals surface area contributed by atoms with Gasteiger partial charge in [-0.1, -0.05) is 71.4 Å². The monoisotopic (exact) mass is 340 g/mol. The van der Waals surface area contributed by atoms with Crippen LogP contribution < -0.4 is 5.32 Å². The maximum Gasteiger partial charge on any atom is 0.177 e. The number of anilines is 1. The molecule has 0 atom stereocenters. The van der Waals surface area contributed by atoms with Crippen molar-refractivity contribution >= 4 is 23.1 Å². The van der Waals surface area contributed by atoms with Crippen LogP contribution in [0.15, 0.2) is 78.0 Å². The zero-order valence-corrected chi connectivity index (χ0v) is 13.3. The average Bonchev–Trinajstić information content (AvgIpc) is 2.63. The third-order valence-electron chi connectivity index (χ3n) is 3.55. The minimum atomic E-state index is -0.503. The van der Waals surface area contributed by atoms with Crippen molar-refractivity contribution in [3.8, 4) is 11.1 Å². The van der Waals surface area contributed by atoms with E-state index in [1.807, 2.05) is 54.6 Å². The fraction of sp³-hybridized carbons (Fsp3) is 0. The standard InChI is InChI=1S/C19H14ClFN2O/c20-17-12-16(10-11-18(17)21)22-19(23-24)15-8-6-14(7-9-15)13-4-2-1-3-5-13/h1-12,24H,(H,22,23). The van der Waals surface area contributed by atoms with Gasteiger partial charge in [0.15, 0.2) is 5.84 Å². The van der Waals surface area contributed by atoms with Gasteiger partial charge in [-0.2, -0.15) is 0 Å². The number of hydrogen-bond acceptors (Lipinski definition) is 2. The van der Waals surface area contributed by atoms with Crippen LogP contribution in [0.3, 0.4) is 0 Å². The molecular formula is C19H14ClFN2O. The molecule has 0 aliphatic rings. The Morgan fingerprint density at radius 1 is 0.917 bits per heavy atom. The van der Waals surface area contributed by atoms with Gasteiger partial charge in [0.2, 0.25) is 0 Å². The summed E-state index contributed by atoms with van der Waals surface area (Å²) in [6.07, 6.45) is 0. The van der Waals surface area contributed by atoms with E-state index in [2.05, 4.69) is 10.5 Å². The van der Waals surface area contributed by atoms with Crippen LogP contribution in [0.4, 0.5) is 10.1 Å². The van der Waals surface area contributed by atoms with Crippen LogP contribution in [0, 0.1) is 5.82 Å². The Labute approximate surface area is 144 Å². The van der Waals surface area contributed by atoms with Crippen molar-refractivity contribution in [2.24, 2.45) is 5.16 Å². The summed E-state index contributed by atoms with van der Waals surface area (Å²) in [5.41, 5.74) is 3.38. The van der Waals surface area contributed by atoms with E-state index >= 15 is 0 Å². The molecule has 3 nitrogen and oxygen atoms in total. The number of nitrogens with one attached hydrogen (secondary N) is 1. The van der Waals surface area contributed by atoms with E-state index < -0.39 is 5.82 Å². The fourth-order valence-corrected chi connectivity index (χ4v) is 2.50. The summed E-state index contributed by atoms with van der Waals surface area (Å²) >= 11 is 5.76. The van der Waals surface area contributed by atoms with E-state index in [4.69, 9.17) is 11.6 Å². The first kappa shape index (κ1) is 16.0. The largest absolute Gasteiger partial charge is 0.409 e. The number of hydrogen-bond donors (Lipinski definition) is 2. The Bertz CT molecular complexity index is 864. The molecule has 0 fully saturated rings. The fourth-order valence-electron chi connectivity index (χ4n) is 2.32. The summed E-state index contributed by atoms with van der Waals surface area (Å²) in [6.45, 7) is 0. The van der Waals surface area contributed by atoms with E-state index in [-0.39, 0.29) is 10.9 Å². The van der Waals surface area contributed by atoms with Crippen LogP contribution >= 0.6 is 11.6 Å². The summed E-state index contributed by atoms with van der Waals surface area (Å²) in [5, 5.41) is 15.5. The molecule has 0 radical (unpaired) electrons. The van der Waals surface area contributed by atoms with E-state index in [0.717, 1.165) is 11.1 Å². The first-order valence-corrected chi connectivity index (χ1v) is 7.65. The second-order valence-corrected chi connectivity index (χ2v) is 5.55. The van der Waals surface area contributed by atoms with E-state index in [0.29, 0.717) is 11.3 Å². The Kier molecular flexibility index (Phi) is 4.77. The van der Waals surface area contributed by atoms with Crippen molar-refractivity contribution in [2.45, 2.75) is 0 Å². The molecule has 0 aromatic heterocycles. The molecule has 120 valence electrons. The number of halogens is 2. The average molecular weight is 341 g/mol. The van der Waals surface area contributed by atoms with Crippen LogP contribution in [0.2, 0.25) is 5.02 Å². The Morgan fingerprint density at radius 3 is 2.21 bits per heavy atom. The summed E-state index contributed by atoms with van der Waals surface area (Å²) in [6, 6.07) is 21.7. The molecule has 0 saturated carbocycles. The molecule has 5 heteroatoms. The van der Waals surface area contributed by atoms with Crippen LogP contribution in [0.1, 0.15) is 5.56 Å². The SMILES string of the molecule is O/N=C(\Nc1ccc(F)c(Cl)c1)c1ccc(-c2ccccc2)cc1. The van der Waals surface area contributed by atoms with Crippen molar-refractivity contribution in [1.82, 2.24) is 0 Å². The number of rotatable bonds is 3. The lowest BCUT2D eigenvalue weighted by Gasteiger charge is -2.10. The molecule has 0 saturated heterocycles. The molecule has 3 rings (SSSR count). The first-order chi connectivity index (χ1) is 11.7. The van der Waals surface area contributed by atoms with Gasteiger partial charge in [0.25, 0.3) is 0 Å². The van der Waals surface area contributed by atoms with Crippen LogP contribution in [-0.4, -0.2) is 11.0 Å². The molecule has 24 heavy (non-hydrogen) atoms. The molecule has 0 bridgehead atoms. The van der Waals surface area contributed by atoms with Gasteiger partial charge in [-0.25, -0.2) is 4.39 Å². The van der Waals surface area contributed by atoms with Gasteiger partial charge < -0.3 is 10.5 Å². The molecule has 0 unspecified atom stereocenters. The third-order valence-corrected chi connectivity index (χ3v) is 3.84. The minimum absolute atomic E-state index is 0.00304. The summed E-state index contributed by atoms with van der Waals surface area (Å²) in [4.78, 5) is 0. The first-order valence-electron chi connectivity index (χ1n) is 7.27. The Hall–Kier alpha value is -2.85. The van der Waals surface area contributed by atoms with Crippen LogP contribution in [0.5, 0.6) is 0 Å². The zero-order chi connectivity index (χ0) is 16.9. The van der Waals surface area contributed by atoms with Gasteiger partial charge in [0.1, 0.15) is 5.82 Å². The summed E-state index contributed by atoms with van der Waals surface area (Å²) in [5.74, 6) is -0.255. The summed E-state index contributed by atoms with van der Waals surface area (Å²) in [7, 11) is 0. The van der Waals surface area contributed by atoms with Crippen molar-refractivity contribution in [3.63, 3.8) is 0 Å². The van der Waals surface area contributed by atoms with Gasteiger partial charge in [0.05, 0.1) is 5.02 Å². The van der Waals surface area contributed by atoms with Gasteiger partial charge in [-0.05, 0) is 29.3 Å². The number of benzene rings is 3. The normalized spacial score (nSPS) is 11.3. The van der Waals surface area contributed by atoms with E-state index in [1.165, 1.54) is 18.2 Å². The topological polar surface area (TPSA) is 44.6 Å². The zero-order valence-electron chi connectivity index (χ0n) is 12.6. The van der Waals surface area contributed by atoms with Crippen molar-refractivity contribution in [1.29, 1.82) is 0 Å². The summed E-state index contributed by atoms with van der Waals surface area (Å²) < 4.78 is 13.2. The minimum Gasteiger partial charge on any atom is -0.409 e. The smallest absolute Gasteiger partial charge is 0.177 e. The molecule has 3 aromatic carbocycles. The van der Waals surface area contributed by atoms with Crippen LogP contribution in [-0.2, 0) is 0 Å². The molecule has 0 spiro atoms. The van der Waals surface area contributed by atoms with Crippen molar-refractivity contribution in [2.75, 3.05) is 5.32 Å². The number of amidine groups is 1. The lowest BCUT2D eigenvalue weighted by atomic mass is 10.0. The van der Waals surface area contributed by atoms with Crippen LogP contribution in [0.25, 0.3) is 11.1 Å².